The molecular weight excluding hydrogens is 312 g/mol. The highest BCUT2D eigenvalue weighted by Gasteiger charge is 2.34. The Morgan fingerprint density at radius 2 is 2.04 bits per heavy atom. The summed E-state index contributed by atoms with van der Waals surface area (Å²) in [7, 11) is 1.80. The normalized spacial score (nSPS) is 16.0. The van der Waals surface area contributed by atoms with Crippen LogP contribution in [0.1, 0.15) is 57.9 Å². The Morgan fingerprint density at radius 3 is 2.64 bits per heavy atom. The van der Waals surface area contributed by atoms with Crippen LogP contribution in [0, 0.1) is 5.41 Å². The van der Waals surface area contributed by atoms with Crippen LogP contribution in [0.3, 0.4) is 0 Å². The second-order valence-electron chi connectivity index (χ2n) is 6.98. The molecule has 25 heavy (non-hydrogen) atoms. The van der Waals surface area contributed by atoms with E-state index in [-0.39, 0.29) is 5.91 Å². The minimum atomic E-state index is 0.0652. The van der Waals surface area contributed by atoms with Crippen LogP contribution < -0.4 is 16.0 Å². The summed E-state index contributed by atoms with van der Waals surface area (Å²) < 4.78 is 0. The van der Waals surface area contributed by atoms with Gasteiger partial charge in [-0.2, -0.15) is 0 Å². The summed E-state index contributed by atoms with van der Waals surface area (Å²) >= 11 is 0. The number of amides is 1. The van der Waals surface area contributed by atoms with Gasteiger partial charge in [0, 0.05) is 32.2 Å². The number of nitrogens with one attached hydrogen (secondary N) is 3. The molecule has 0 radical (unpaired) electrons. The van der Waals surface area contributed by atoms with Crippen molar-refractivity contribution in [1.29, 1.82) is 0 Å². The van der Waals surface area contributed by atoms with Crippen molar-refractivity contribution >= 4 is 17.6 Å². The Morgan fingerprint density at radius 1 is 1.24 bits per heavy atom. The van der Waals surface area contributed by atoms with Gasteiger partial charge in [0.1, 0.15) is 0 Å². The molecule has 1 fully saturated rings. The number of benzene rings is 1. The predicted molar refractivity (Wildman–Crippen MR) is 105 cm³/mol. The van der Waals surface area contributed by atoms with Gasteiger partial charge < -0.3 is 16.0 Å². The molecule has 1 saturated carbocycles. The SMILES string of the molecule is CCCC(=O)Nc1cccc(CNC(=NC)NCC2(CC)CCC2)c1. The average molecular weight is 345 g/mol. The van der Waals surface area contributed by atoms with Crippen molar-refractivity contribution in [1.82, 2.24) is 10.6 Å². The Kier molecular flexibility index (Phi) is 7.29. The molecule has 1 aromatic carbocycles. The molecule has 0 spiro atoms. The van der Waals surface area contributed by atoms with Gasteiger partial charge in [-0.3, -0.25) is 9.79 Å². The number of nitrogens with zero attached hydrogens (tertiary/aromatic N) is 1. The topological polar surface area (TPSA) is 65.5 Å². The lowest BCUT2D eigenvalue weighted by Crippen LogP contribution is -2.46. The van der Waals surface area contributed by atoms with Gasteiger partial charge in [-0.25, -0.2) is 0 Å². The maximum absolute atomic E-state index is 11.7. The lowest BCUT2D eigenvalue weighted by atomic mass is 9.67. The third-order valence-corrected chi connectivity index (χ3v) is 5.17. The van der Waals surface area contributed by atoms with E-state index >= 15 is 0 Å². The molecule has 0 saturated heterocycles. The molecule has 0 unspecified atom stereocenters. The third-order valence-electron chi connectivity index (χ3n) is 5.17. The van der Waals surface area contributed by atoms with Crippen molar-refractivity contribution in [3.05, 3.63) is 29.8 Å². The van der Waals surface area contributed by atoms with E-state index in [9.17, 15) is 4.79 Å². The van der Waals surface area contributed by atoms with Gasteiger partial charge in [0.2, 0.25) is 5.91 Å². The fourth-order valence-electron chi connectivity index (χ4n) is 3.22. The van der Waals surface area contributed by atoms with Crippen molar-refractivity contribution in [2.24, 2.45) is 10.4 Å². The summed E-state index contributed by atoms with van der Waals surface area (Å²) in [5.41, 5.74) is 2.42. The molecule has 138 valence electrons. The summed E-state index contributed by atoms with van der Waals surface area (Å²) in [5, 5.41) is 9.77. The Labute approximate surface area is 151 Å². The first-order chi connectivity index (χ1) is 12.1. The molecule has 5 heteroatoms. The van der Waals surface area contributed by atoms with E-state index in [1.807, 2.05) is 25.1 Å². The molecular formula is C20H32N4O. The quantitative estimate of drug-likeness (QED) is 0.498. The highest BCUT2D eigenvalue weighted by atomic mass is 16.1. The number of hydrogen-bond donors (Lipinski definition) is 3. The van der Waals surface area contributed by atoms with Gasteiger partial charge in [-0.05, 0) is 48.8 Å². The van der Waals surface area contributed by atoms with E-state index in [0.717, 1.165) is 30.2 Å². The smallest absolute Gasteiger partial charge is 0.224 e. The first kappa shape index (κ1) is 19.3. The Hall–Kier alpha value is -2.04. The lowest BCUT2D eigenvalue weighted by Gasteiger charge is -2.41. The molecule has 1 aromatic rings. The second-order valence-corrected chi connectivity index (χ2v) is 6.98. The van der Waals surface area contributed by atoms with E-state index in [1.165, 1.54) is 25.7 Å². The number of guanidine groups is 1. The number of carbonyl (C=O) groups is 1. The molecule has 0 heterocycles. The first-order valence-electron chi connectivity index (χ1n) is 9.44. The van der Waals surface area contributed by atoms with Gasteiger partial charge in [-0.1, -0.05) is 32.4 Å². The van der Waals surface area contributed by atoms with Crippen LogP contribution in [0.2, 0.25) is 0 Å². The third kappa shape index (κ3) is 5.76. The Bertz CT molecular complexity index is 588. The molecule has 5 nitrogen and oxygen atoms in total. The summed E-state index contributed by atoms with van der Waals surface area (Å²) in [6.45, 7) is 5.94. The minimum Gasteiger partial charge on any atom is -0.356 e. The molecule has 1 aliphatic rings. The summed E-state index contributed by atoms with van der Waals surface area (Å²) in [6, 6.07) is 7.95. The van der Waals surface area contributed by atoms with Crippen molar-refractivity contribution in [3.8, 4) is 0 Å². The summed E-state index contributed by atoms with van der Waals surface area (Å²) in [4.78, 5) is 16.0. The van der Waals surface area contributed by atoms with E-state index < -0.39 is 0 Å². The molecule has 0 aliphatic heterocycles. The summed E-state index contributed by atoms with van der Waals surface area (Å²) in [6.07, 6.45) is 6.60. The van der Waals surface area contributed by atoms with Gasteiger partial charge in [0.25, 0.3) is 0 Å². The Balaban J connectivity index is 1.83. The van der Waals surface area contributed by atoms with Crippen LogP contribution in [0.5, 0.6) is 0 Å². The average Bonchev–Trinajstić information content (AvgIpc) is 2.57. The van der Waals surface area contributed by atoms with Crippen LogP contribution in [-0.2, 0) is 11.3 Å². The zero-order valence-electron chi connectivity index (χ0n) is 15.8. The fraction of sp³-hybridized carbons (Fsp3) is 0.600. The maximum Gasteiger partial charge on any atom is 0.224 e. The fourth-order valence-corrected chi connectivity index (χ4v) is 3.22. The maximum atomic E-state index is 11.7. The van der Waals surface area contributed by atoms with E-state index in [2.05, 4.69) is 33.9 Å². The molecule has 1 aliphatic carbocycles. The largest absolute Gasteiger partial charge is 0.356 e. The highest BCUT2D eigenvalue weighted by molar-refractivity contribution is 5.90. The molecule has 0 aromatic heterocycles. The van der Waals surface area contributed by atoms with Crippen LogP contribution in [0.25, 0.3) is 0 Å². The van der Waals surface area contributed by atoms with E-state index in [4.69, 9.17) is 0 Å². The van der Waals surface area contributed by atoms with Gasteiger partial charge in [0.05, 0.1) is 0 Å². The summed E-state index contributed by atoms with van der Waals surface area (Å²) in [5.74, 6) is 0.899. The number of rotatable bonds is 8. The number of aliphatic imine (C=N–C) groups is 1. The lowest BCUT2D eigenvalue weighted by molar-refractivity contribution is -0.116. The molecule has 2 rings (SSSR count). The van der Waals surface area contributed by atoms with Crippen molar-refractivity contribution in [3.63, 3.8) is 0 Å². The van der Waals surface area contributed by atoms with Gasteiger partial charge in [0.15, 0.2) is 5.96 Å². The van der Waals surface area contributed by atoms with E-state index in [0.29, 0.717) is 18.4 Å². The molecule has 0 bridgehead atoms. The first-order valence-corrected chi connectivity index (χ1v) is 9.44. The molecule has 3 N–H and O–H groups in total. The van der Waals surface area contributed by atoms with Crippen molar-refractivity contribution in [2.75, 3.05) is 18.9 Å². The van der Waals surface area contributed by atoms with Gasteiger partial charge >= 0.3 is 0 Å². The van der Waals surface area contributed by atoms with Crippen LogP contribution >= 0.6 is 0 Å². The standard InChI is InChI=1S/C20H32N4O/c1-4-8-18(25)24-17-10-6-9-16(13-17)14-22-19(21-3)23-15-20(5-2)11-7-12-20/h6,9-10,13H,4-5,7-8,11-12,14-15H2,1-3H3,(H,24,25)(H2,21,22,23). The van der Waals surface area contributed by atoms with E-state index in [1.54, 1.807) is 7.05 Å². The second kappa shape index (κ2) is 9.44. The van der Waals surface area contributed by atoms with Crippen molar-refractivity contribution in [2.45, 2.75) is 58.9 Å². The molecule has 1 amide bonds. The number of carbonyl (C=O) groups excluding carboxylic acids is 1. The molecule has 0 atom stereocenters. The predicted octanol–water partition coefficient (Wildman–Crippen LogP) is 3.67. The van der Waals surface area contributed by atoms with Crippen LogP contribution in [0.15, 0.2) is 29.3 Å². The van der Waals surface area contributed by atoms with Crippen LogP contribution in [-0.4, -0.2) is 25.5 Å². The number of anilines is 1. The monoisotopic (exact) mass is 344 g/mol. The van der Waals surface area contributed by atoms with Crippen LogP contribution in [0.4, 0.5) is 5.69 Å². The highest BCUT2D eigenvalue weighted by Crippen LogP contribution is 2.42. The van der Waals surface area contributed by atoms with Gasteiger partial charge in [-0.15, -0.1) is 0 Å². The van der Waals surface area contributed by atoms with Crippen molar-refractivity contribution < 1.29 is 4.79 Å². The number of hydrogen-bond acceptors (Lipinski definition) is 2. The minimum absolute atomic E-state index is 0.0652. The zero-order valence-corrected chi connectivity index (χ0v) is 15.8. The zero-order chi connectivity index (χ0) is 18.1.